The number of nitrogens with zero attached hydrogens (tertiary/aromatic N) is 1. The predicted molar refractivity (Wildman–Crippen MR) is 96.1 cm³/mol. The van der Waals surface area contributed by atoms with Crippen LogP contribution in [0.4, 0.5) is 5.69 Å². The third kappa shape index (κ3) is 3.03. The maximum atomic E-state index is 12.5. The van der Waals surface area contributed by atoms with Crippen LogP contribution in [0.1, 0.15) is 0 Å². The lowest BCUT2D eigenvalue weighted by Gasteiger charge is -2.09. The van der Waals surface area contributed by atoms with Crippen LogP contribution in [0.25, 0.3) is 10.9 Å². The van der Waals surface area contributed by atoms with Crippen LogP contribution in [0.2, 0.25) is 10.0 Å². The fourth-order valence-electron chi connectivity index (χ4n) is 1.90. The van der Waals surface area contributed by atoms with E-state index in [4.69, 9.17) is 23.2 Å². The van der Waals surface area contributed by atoms with E-state index < -0.39 is 10.0 Å². The van der Waals surface area contributed by atoms with E-state index in [9.17, 15) is 8.42 Å². The van der Waals surface area contributed by atoms with Gasteiger partial charge < -0.3 is 0 Å². The zero-order chi connectivity index (χ0) is 15.9. The number of aromatic nitrogens is 2. The van der Waals surface area contributed by atoms with Crippen LogP contribution in [-0.2, 0) is 10.0 Å². The topological polar surface area (TPSA) is 74.8 Å². The molecule has 9 heteroatoms. The molecule has 0 saturated carbocycles. The number of sulfonamides is 1. The molecule has 0 amide bonds. The summed E-state index contributed by atoms with van der Waals surface area (Å²) in [6.07, 6.45) is 0. The van der Waals surface area contributed by atoms with Gasteiger partial charge in [0.05, 0.1) is 26.1 Å². The van der Waals surface area contributed by atoms with Gasteiger partial charge in [-0.25, -0.2) is 8.42 Å². The summed E-state index contributed by atoms with van der Waals surface area (Å²) >= 11 is 13.8. The molecule has 0 aliphatic carbocycles. The monoisotopic (exact) mass is 467 g/mol. The predicted octanol–water partition coefficient (Wildman–Crippen LogP) is 4.28. The van der Waals surface area contributed by atoms with Crippen LogP contribution in [-0.4, -0.2) is 18.6 Å². The first-order valence-electron chi connectivity index (χ1n) is 5.98. The van der Waals surface area contributed by atoms with Gasteiger partial charge in [-0.05, 0) is 59.0 Å². The third-order valence-electron chi connectivity index (χ3n) is 2.96. The van der Waals surface area contributed by atoms with Gasteiger partial charge in [0, 0.05) is 5.39 Å². The highest BCUT2D eigenvalue weighted by molar-refractivity contribution is 14.1. The molecule has 2 N–H and O–H groups in total. The number of hydrogen-bond donors (Lipinski definition) is 2. The molecular formula is C13H8Cl2IN3O2S. The summed E-state index contributed by atoms with van der Waals surface area (Å²) in [4.78, 5) is 0.144. The second-order valence-corrected chi connectivity index (χ2v) is 8.03. The molecule has 1 aromatic heterocycles. The Hall–Kier alpha value is -1.03. The second-order valence-electron chi connectivity index (χ2n) is 4.45. The van der Waals surface area contributed by atoms with E-state index in [2.05, 4.69) is 37.5 Å². The number of anilines is 1. The highest BCUT2D eigenvalue weighted by Crippen LogP contribution is 2.27. The van der Waals surface area contributed by atoms with Gasteiger partial charge in [0.15, 0.2) is 0 Å². The normalized spacial score (nSPS) is 11.8. The van der Waals surface area contributed by atoms with Crippen molar-refractivity contribution in [2.45, 2.75) is 4.90 Å². The van der Waals surface area contributed by atoms with Crippen molar-refractivity contribution in [2.75, 3.05) is 4.72 Å². The van der Waals surface area contributed by atoms with Crippen molar-refractivity contribution in [1.29, 1.82) is 0 Å². The summed E-state index contributed by atoms with van der Waals surface area (Å²) in [5.41, 5.74) is 1.05. The summed E-state index contributed by atoms with van der Waals surface area (Å²) in [6, 6.07) is 9.26. The molecular weight excluding hydrogens is 460 g/mol. The first kappa shape index (κ1) is 15.9. The number of hydrogen-bond acceptors (Lipinski definition) is 3. The molecule has 0 unspecified atom stereocenters. The van der Waals surface area contributed by atoms with Crippen molar-refractivity contribution in [1.82, 2.24) is 10.2 Å². The molecule has 5 nitrogen and oxygen atoms in total. The average Bonchev–Trinajstić information content (AvgIpc) is 2.84. The van der Waals surface area contributed by atoms with Gasteiger partial charge in [-0.15, -0.1) is 0 Å². The SMILES string of the molecule is O=S(=O)(Nc1ccc(Cl)c(Cl)c1)c1ccc2n[nH]c(I)c2c1. The molecule has 2 aromatic carbocycles. The van der Waals surface area contributed by atoms with Gasteiger partial charge in [-0.1, -0.05) is 23.2 Å². The van der Waals surface area contributed by atoms with Crippen LogP contribution in [0.15, 0.2) is 41.3 Å². The molecule has 22 heavy (non-hydrogen) atoms. The highest BCUT2D eigenvalue weighted by Gasteiger charge is 2.16. The first-order valence-corrected chi connectivity index (χ1v) is 9.30. The quantitative estimate of drug-likeness (QED) is 0.564. The van der Waals surface area contributed by atoms with Crippen molar-refractivity contribution < 1.29 is 8.42 Å². The van der Waals surface area contributed by atoms with Crippen LogP contribution in [0.3, 0.4) is 0 Å². The zero-order valence-electron chi connectivity index (χ0n) is 10.8. The van der Waals surface area contributed by atoms with Crippen molar-refractivity contribution in [3.05, 3.63) is 50.1 Å². The van der Waals surface area contributed by atoms with E-state index in [1.807, 2.05) is 0 Å². The van der Waals surface area contributed by atoms with Crippen LogP contribution in [0.5, 0.6) is 0 Å². The van der Waals surface area contributed by atoms with Gasteiger partial charge in [-0.2, -0.15) is 5.10 Å². The lowest BCUT2D eigenvalue weighted by Crippen LogP contribution is -2.12. The van der Waals surface area contributed by atoms with E-state index in [0.29, 0.717) is 16.2 Å². The molecule has 0 fully saturated rings. The maximum Gasteiger partial charge on any atom is 0.261 e. The van der Waals surface area contributed by atoms with E-state index in [1.54, 1.807) is 18.2 Å². The number of halogens is 3. The summed E-state index contributed by atoms with van der Waals surface area (Å²) in [6.45, 7) is 0. The Labute approximate surface area is 150 Å². The van der Waals surface area contributed by atoms with Gasteiger partial charge in [-0.3, -0.25) is 9.82 Å². The van der Waals surface area contributed by atoms with Crippen molar-refractivity contribution in [3.63, 3.8) is 0 Å². The molecule has 0 aliphatic rings. The Morgan fingerprint density at radius 3 is 2.59 bits per heavy atom. The average molecular weight is 468 g/mol. The highest BCUT2D eigenvalue weighted by atomic mass is 127. The van der Waals surface area contributed by atoms with Gasteiger partial charge in [0.1, 0.15) is 3.70 Å². The van der Waals surface area contributed by atoms with Crippen molar-refractivity contribution in [2.24, 2.45) is 0 Å². The molecule has 3 rings (SSSR count). The second kappa shape index (κ2) is 5.88. The van der Waals surface area contributed by atoms with Crippen LogP contribution >= 0.6 is 45.8 Å². The number of fused-ring (bicyclic) bond motifs is 1. The van der Waals surface area contributed by atoms with Gasteiger partial charge in [0.25, 0.3) is 10.0 Å². The first-order chi connectivity index (χ1) is 10.4. The standard InChI is InChI=1S/C13H8Cl2IN3O2S/c14-10-3-1-7(5-11(10)15)19-22(20,21)8-2-4-12-9(6-8)13(16)18-17-12/h1-6,19H,(H,17,18). The van der Waals surface area contributed by atoms with Crippen molar-refractivity contribution in [3.8, 4) is 0 Å². The Morgan fingerprint density at radius 2 is 1.86 bits per heavy atom. The van der Waals surface area contributed by atoms with Gasteiger partial charge in [0.2, 0.25) is 0 Å². The summed E-state index contributed by atoms with van der Waals surface area (Å²) < 4.78 is 28.2. The number of nitrogens with one attached hydrogen (secondary N) is 2. The van der Waals surface area contributed by atoms with Gasteiger partial charge >= 0.3 is 0 Å². The van der Waals surface area contributed by atoms with E-state index in [-0.39, 0.29) is 9.92 Å². The zero-order valence-corrected chi connectivity index (χ0v) is 15.3. The van der Waals surface area contributed by atoms with Crippen LogP contribution in [0, 0.1) is 3.70 Å². The summed E-state index contributed by atoms with van der Waals surface area (Å²) in [5, 5.41) is 8.26. The Morgan fingerprint density at radius 1 is 1.09 bits per heavy atom. The van der Waals surface area contributed by atoms with E-state index in [1.165, 1.54) is 18.2 Å². The molecule has 0 atom stereocenters. The van der Waals surface area contributed by atoms with Crippen molar-refractivity contribution >= 4 is 72.4 Å². The molecule has 1 heterocycles. The van der Waals surface area contributed by atoms with E-state index >= 15 is 0 Å². The fraction of sp³-hybridized carbons (Fsp3) is 0. The number of rotatable bonds is 3. The Bertz CT molecular complexity index is 973. The lowest BCUT2D eigenvalue weighted by atomic mass is 10.3. The molecule has 0 spiro atoms. The molecule has 0 radical (unpaired) electrons. The minimum Gasteiger partial charge on any atom is -0.280 e. The van der Waals surface area contributed by atoms with Crippen LogP contribution < -0.4 is 4.72 Å². The molecule has 114 valence electrons. The lowest BCUT2D eigenvalue weighted by molar-refractivity contribution is 0.601. The Balaban J connectivity index is 2.00. The number of benzene rings is 2. The Kier molecular flexibility index (Phi) is 4.23. The van der Waals surface area contributed by atoms with E-state index in [0.717, 1.165) is 9.09 Å². The third-order valence-corrected chi connectivity index (χ3v) is 5.90. The molecule has 0 aliphatic heterocycles. The number of aromatic amines is 1. The number of H-pyrrole nitrogens is 1. The molecule has 0 bridgehead atoms. The minimum absolute atomic E-state index is 0.144. The fourth-order valence-corrected chi connectivity index (χ4v) is 3.82. The maximum absolute atomic E-state index is 12.5. The molecule has 3 aromatic rings. The minimum atomic E-state index is -3.73. The summed E-state index contributed by atoms with van der Waals surface area (Å²) in [7, 11) is -3.73. The molecule has 0 saturated heterocycles. The largest absolute Gasteiger partial charge is 0.280 e. The summed E-state index contributed by atoms with van der Waals surface area (Å²) in [5.74, 6) is 0. The smallest absolute Gasteiger partial charge is 0.261 e.